The van der Waals surface area contributed by atoms with E-state index in [9.17, 15) is 48.3 Å². The van der Waals surface area contributed by atoms with E-state index in [-0.39, 0.29) is 68.2 Å². The van der Waals surface area contributed by atoms with Crippen LogP contribution in [-0.4, -0.2) is 120 Å². The molecule has 21 heteroatoms. The van der Waals surface area contributed by atoms with Crippen LogP contribution in [0.3, 0.4) is 0 Å². The summed E-state index contributed by atoms with van der Waals surface area (Å²) in [6.45, 7) is 18.6. The molecule has 2 unspecified atom stereocenters. The van der Waals surface area contributed by atoms with Crippen LogP contribution in [-0.2, 0) is 61.7 Å². The fraction of sp³-hybridized carbons (Fsp3) is 0.448. The third-order valence-corrected chi connectivity index (χ3v) is 16.1. The fourth-order valence-electron chi connectivity index (χ4n) is 10.8. The number of urea groups is 1. The van der Waals surface area contributed by atoms with Gasteiger partial charge in [0.15, 0.2) is 0 Å². The standard InChI is InChI=1S/C67H88N10O11/c1-39(2)51(35-41(5)63(84)85)76(12)62(83)58(66(6,7)8)75-61(82)57(69-11)67(9,10)47-23-17-22-45(36-47)55-56(74-55)64(86)88-38-42-26-30-48(31-27-42)71-59(80)49(24-18-34-70-65(68)87)72-60(81)54(40(3)4)73-52(78)32-33-53(79)77-37-46-21-14-13-19-43(46)28-29-44-20-15-16-25-50(44)77/h13-17,19-23,25-31,35-36,39-40,49,51,54-58,69,74H,18,24,32-34,37-38H2,1-12H3,(H,71,80)(H,72,81)(H,73,78)(H,75,82)(H,84,85)(H3,68,70,87)/b29-28-,41-35+/t49-,51+,54-,55?,56?,57+,58+/m0/s1. The van der Waals surface area contributed by atoms with Gasteiger partial charge in [-0.25, -0.2) is 9.59 Å². The summed E-state index contributed by atoms with van der Waals surface area (Å²) < 4.78 is 5.73. The number of fused-ring (bicyclic) bond motifs is 2. The SMILES string of the molecule is CN[C@H](C(=O)N[C@H](C(=O)N(C)[C@H](/C=C(\C)C(=O)O)C(C)C)C(C)(C)C)C(C)(C)c1cccc(C2NC2C(=O)OCc2ccc(NC(=O)[C@H](CCCNC(N)=O)NC(=O)[C@@H](NC(=O)CCC(=O)N3Cc4ccccc4/C=C\c4ccccc43)C(C)C)cc2)c1. The van der Waals surface area contributed by atoms with Crippen LogP contribution < -0.4 is 47.9 Å². The number of primary amides is 1. The molecule has 0 aliphatic carbocycles. The number of nitrogens with zero attached hydrogens (tertiary/aromatic N) is 2. The highest BCUT2D eigenvalue weighted by Crippen LogP contribution is 2.36. The summed E-state index contributed by atoms with van der Waals surface area (Å²) >= 11 is 0. The molecular weight excluding hydrogens is 1120 g/mol. The van der Waals surface area contributed by atoms with Gasteiger partial charge in [0.25, 0.3) is 0 Å². The topological polar surface area (TPSA) is 310 Å². The van der Waals surface area contributed by atoms with Gasteiger partial charge in [0.05, 0.1) is 30.4 Å². The monoisotopic (exact) mass is 1210 g/mol. The first-order valence-corrected chi connectivity index (χ1v) is 29.9. The van der Waals surface area contributed by atoms with Crippen LogP contribution in [0.4, 0.5) is 16.2 Å². The Morgan fingerprint density at radius 1 is 0.784 bits per heavy atom. The Labute approximate surface area is 516 Å². The van der Waals surface area contributed by atoms with Crippen LogP contribution in [0.15, 0.2) is 109 Å². The molecule has 0 saturated carbocycles. The highest BCUT2D eigenvalue weighted by Gasteiger charge is 2.46. The number of para-hydroxylation sites is 1. The first kappa shape index (κ1) is 68.4. The number of carbonyl (C=O) groups is 9. The molecule has 7 atom stereocenters. The molecule has 10 N–H and O–H groups in total. The molecule has 1 fully saturated rings. The predicted molar refractivity (Wildman–Crippen MR) is 339 cm³/mol. The number of aliphatic carboxylic acids is 1. The summed E-state index contributed by atoms with van der Waals surface area (Å²) in [6.07, 6.45) is 5.58. The lowest BCUT2D eigenvalue weighted by Crippen LogP contribution is -2.61. The number of carboxylic acids is 1. The molecule has 0 radical (unpaired) electrons. The average Bonchev–Trinajstić information content (AvgIpc) is 1.62. The van der Waals surface area contributed by atoms with Crippen molar-refractivity contribution >= 4 is 76.9 Å². The molecule has 1 saturated heterocycles. The van der Waals surface area contributed by atoms with E-state index in [1.807, 2.05) is 133 Å². The molecule has 0 bridgehead atoms. The number of hydrogen-bond donors (Lipinski definition) is 9. The average molecular weight is 1210 g/mol. The first-order valence-electron chi connectivity index (χ1n) is 29.9. The molecule has 2 aliphatic heterocycles. The number of carbonyl (C=O) groups excluding carboxylic acids is 8. The van der Waals surface area contributed by atoms with Gasteiger partial charge in [0, 0.05) is 43.1 Å². The number of ether oxygens (including phenoxy) is 1. The summed E-state index contributed by atoms with van der Waals surface area (Å²) in [5.41, 5.74) is 9.96. The number of hydrogen-bond acceptors (Lipinski definition) is 12. The minimum atomic E-state index is -1.11. The second kappa shape index (κ2) is 30.3. The quantitative estimate of drug-likeness (QED) is 0.0128. The summed E-state index contributed by atoms with van der Waals surface area (Å²) in [5.74, 6) is -4.82. The Hall–Kier alpha value is -8.69. The molecule has 4 aromatic carbocycles. The van der Waals surface area contributed by atoms with Gasteiger partial charge < -0.3 is 57.3 Å². The molecule has 88 heavy (non-hydrogen) atoms. The van der Waals surface area contributed by atoms with Crippen LogP contribution in [0.1, 0.15) is 134 Å². The number of nitrogens with one attached hydrogen (secondary N) is 7. The van der Waals surface area contributed by atoms with Gasteiger partial charge in [-0.15, -0.1) is 0 Å². The van der Waals surface area contributed by atoms with Crippen molar-refractivity contribution in [3.8, 4) is 0 Å². The molecule has 2 aliphatic rings. The zero-order valence-corrected chi connectivity index (χ0v) is 52.6. The Balaban J connectivity index is 1.03. The van der Waals surface area contributed by atoms with E-state index in [2.05, 4.69) is 37.2 Å². The van der Waals surface area contributed by atoms with Gasteiger partial charge in [-0.3, -0.25) is 38.9 Å². The second-order valence-electron chi connectivity index (χ2n) is 25.0. The van der Waals surface area contributed by atoms with Crippen molar-refractivity contribution < 1.29 is 53.0 Å². The zero-order chi connectivity index (χ0) is 64.8. The largest absolute Gasteiger partial charge is 0.478 e. The predicted octanol–water partition coefficient (Wildman–Crippen LogP) is 6.86. The maximum absolute atomic E-state index is 14.3. The van der Waals surface area contributed by atoms with E-state index in [0.717, 1.165) is 33.5 Å². The van der Waals surface area contributed by atoms with E-state index < -0.39 is 94.6 Å². The van der Waals surface area contributed by atoms with E-state index in [1.165, 1.54) is 11.8 Å². The first-order chi connectivity index (χ1) is 41.5. The highest BCUT2D eigenvalue weighted by molar-refractivity contribution is 6.00. The Morgan fingerprint density at radius 3 is 2.08 bits per heavy atom. The third kappa shape index (κ3) is 18.2. The van der Waals surface area contributed by atoms with E-state index in [0.29, 0.717) is 17.8 Å². The van der Waals surface area contributed by atoms with Gasteiger partial charge in [-0.1, -0.05) is 159 Å². The third-order valence-electron chi connectivity index (χ3n) is 16.1. The molecule has 8 amide bonds. The molecule has 2 heterocycles. The minimum Gasteiger partial charge on any atom is -0.478 e. The minimum absolute atomic E-state index is 0.0744. The summed E-state index contributed by atoms with van der Waals surface area (Å²) in [7, 11) is 3.29. The van der Waals surface area contributed by atoms with Crippen molar-refractivity contribution in [2.75, 3.05) is 30.9 Å². The molecule has 21 nitrogen and oxygen atoms in total. The maximum atomic E-state index is 14.3. The van der Waals surface area contributed by atoms with Crippen molar-refractivity contribution in [1.82, 2.24) is 36.8 Å². The zero-order valence-electron chi connectivity index (χ0n) is 52.6. The Kier molecular flexibility index (Phi) is 23.6. The maximum Gasteiger partial charge on any atom is 0.331 e. The smallest absolute Gasteiger partial charge is 0.331 e. The Morgan fingerprint density at radius 2 is 1.44 bits per heavy atom. The van der Waals surface area contributed by atoms with Crippen molar-refractivity contribution in [3.63, 3.8) is 0 Å². The number of anilines is 2. The molecule has 6 rings (SSSR count). The van der Waals surface area contributed by atoms with Crippen LogP contribution in [0.2, 0.25) is 0 Å². The highest BCUT2D eigenvalue weighted by atomic mass is 16.5. The molecule has 0 spiro atoms. The summed E-state index contributed by atoms with van der Waals surface area (Å²) in [5, 5.41) is 29.9. The number of rotatable bonds is 27. The van der Waals surface area contributed by atoms with Gasteiger partial charge in [0.1, 0.15) is 30.8 Å². The van der Waals surface area contributed by atoms with Crippen molar-refractivity contribution in [3.05, 3.63) is 142 Å². The van der Waals surface area contributed by atoms with Crippen molar-refractivity contribution in [2.24, 2.45) is 23.0 Å². The van der Waals surface area contributed by atoms with E-state index >= 15 is 0 Å². The lowest BCUT2D eigenvalue weighted by Gasteiger charge is -2.40. The second-order valence-corrected chi connectivity index (χ2v) is 25.0. The van der Waals surface area contributed by atoms with Gasteiger partial charge in [0.2, 0.25) is 35.4 Å². The number of benzene rings is 4. The number of amides is 8. The van der Waals surface area contributed by atoms with Crippen molar-refractivity contribution in [2.45, 2.75) is 156 Å². The van der Waals surface area contributed by atoms with E-state index in [4.69, 9.17) is 10.5 Å². The molecule has 472 valence electrons. The molecule has 0 aromatic heterocycles. The van der Waals surface area contributed by atoms with Gasteiger partial charge >= 0.3 is 18.0 Å². The van der Waals surface area contributed by atoms with Crippen LogP contribution in [0.5, 0.6) is 0 Å². The Bertz CT molecular complexity index is 3260. The van der Waals surface area contributed by atoms with Gasteiger partial charge in [-0.2, -0.15) is 0 Å². The van der Waals surface area contributed by atoms with Crippen LogP contribution in [0.25, 0.3) is 12.2 Å². The summed E-state index contributed by atoms with van der Waals surface area (Å²) in [4.78, 5) is 124. The number of likely N-dealkylation sites (N-methyl/N-ethyl adjacent to an activating group) is 2. The normalized spacial score (nSPS) is 16.8. The van der Waals surface area contributed by atoms with Crippen LogP contribution >= 0.6 is 0 Å². The number of esters is 1. The number of nitrogens with two attached hydrogens (primary N) is 1. The van der Waals surface area contributed by atoms with Crippen LogP contribution in [0, 0.1) is 17.3 Å². The molecule has 4 aromatic rings. The molecular formula is C67H88N10O11. The fourth-order valence-corrected chi connectivity index (χ4v) is 10.8. The van der Waals surface area contributed by atoms with E-state index in [1.54, 1.807) is 63.2 Å². The summed E-state index contributed by atoms with van der Waals surface area (Å²) in [6, 6.07) is 23.3. The van der Waals surface area contributed by atoms with Gasteiger partial charge in [-0.05, 0) is 95.6 Å². The number of carboxylic acid groups (broad SMARTS) is 1. The van der Waals surface area contributed by atoms with Crippen molar-refractivity contribution in [1.29, 1.82) is 0 Å². The lowest BCUT2D eigenvalue weighted by molar-refractivity contribution is -0.144. The lowest BCUT2D eigenvalue weighted by atomic mass is 9.76.